The molecule has 0 heterocycles. The number of aryl methyl sites for hydroxylation is 1. The fourth-order valence-electron chi connectivity index (χ4n) is 15.9. The number of hydrogen-bond donors (Lipinski definition) is 0. The number of allylic oxidation sites excluding steroid dienone is 4. The van der Waals surface area contributed by atoms with Crippen molar-refractivity contribution in [1.82, 2.24) is 0 Å². The minimum atomic E-state index is -0.164. The van der Waals surface area contributed by atoms with Gasteiger partial charge in [-0.25, -0.2) is 0 Å². The topological polar surface area (TPSA) is 0 Å². The lowest BCUT2D eigenvalue weighted by molar-refractivity contribution is 0.481. The summed E-state index contributed by atoms with van der Waals surface area (Å²) in [5.41, 5.74) is 7.92. The maximum absolute atomic E-state index is 2.38. The lowest BCUT2D eigenvalue weighted by Crippen LogP contribution is -2.15. The predicted molar refractivity (Wildman–Crippen MR) is 555 cm³/mol. The number of benzene rings is 17. The van der Waals surface area contributed by atoms with E-state index in [1.807, 2.05) is 0 Å². The summed E-state index contributed by atoms with van der Waals surface area (Å²) in [5, 5.41) is 7.90. The predicted octanol–water partition coefficient (Wildman–Crippen LogP) is 34.2. The van der Waals surface area contributed by atoms with Crippen molar-refractivity contribution < 1.29 is 0 Å². The molecule has 127 heavy (non-hydrogen) atoms. The monoisotopic (exact) mass is 1750 g/mol. The molecule has 0 aliphatic heterocycles. The van der Waals surface area contributed by atoms with Gasteiger partial charge in [0.25, 0.3) is 0 Å². The second-order valence-corrected chi connectivity index (χ2v) is 46.4. The summed E-state index contributed by atoms with van der Waals surface area (Å²) in [5.74, 6) is 0. The zero-order chi connectivity index (χ0) is 88.8. The van der Waals surface area contributed by atoms with E-state index in [1.54, 1.807) is 10.5 Å². The summed E-state index contributed by atoms with van der Waals surface area (Å²) in [6.07, 6.45) is 10.8. The Hall–Kier alpha value is -11.3. The molecule has 0 spiro atoms. The Balaban J connectivity index is 0.000000129. The molecule has 18 rings (SSSR count). The normalized spacial score (nSPS) is 12.3. The van der Waals surface area contributed by atoms with Gasteiger partial charge in [-0.05, 0) is 255 Å². The fourth-order valence-corrected chi connectivity index (χ4v) is 26.9. The van der Waals surface area contributed by atoms with Crippen LogP contribution in [-0.2, 0) is 77.1 Å². The van der Waals surface area contributed by atoms with E-state index in [4.69, 9.17) is 0 Å². The first-order chi connectivity index (χ1) is 61.5. The molecule has 0 radical (unpaired) electrons. The van der Waals surface area contributed by atoms with E-state index in [0.29, 0.717) is 0 Å². The van der Waals surface area contributed by atoms with E-state index in [2.05, 4.69) is 539 Å². The van der Waals surface area contributed by atoms with E-state index in [-0.39, 0.29) is 76.1 Å². The van der Waals surface area contributed by atoms with Crippen LogP contribution in [0.3, 0.4) is 0 Å². The van der Waals surface area contributed by atoms with Gasteiger partial charge in [-0.3, -0.25) is 0 Å². The van der Waals surface area contributed by atoms with Crippen LogP contribution in [0.1, 0.15) is 138 Å². The first-order valence-corrected chi connectivity index (χ1v) is 51.0. The zero-order valence-corrected chi connectivity index (χ0v) is 80.4. The smallest absolute Gasteiger partial charge is 0.0654 e. The number of rotatable bonds is 18. The van der Waals surface area contributed by atoms with E-state index < -0.39 is 0 Å². The molecular weight excluding hydrogens is 1630 g/mol. The van der Waals surface area contributed by atoms with Crippen LogP contribution in [0.25, 0.3) is 32.3 Å². The van der Waals surface area contributed by atoms with Gasteiger partial charge in [0, 0.05) is 22.6 Å². The van der Waals surface area contributed by atoms with Crippen molar-refractivity contribution in [3.63, 3.8) is 0 Å². The van der Waals surface area contributed by atoms with Gasteiger partial charge >= 0.3 is 0 Å². The minimum Gasteiger partial charge on any atom is -0.0654 e. The van der Waals surface area contributed by atoms with Crippen LogP contribution in [0.5, 0.6) is 0 Å². The lowest BCUT2D eigenvalue weighted by atomic mass is 9.82. The lowest BCUT2D eigenvalue weighted by Gasteiger charge is -2.25. The Kier molecular flexibility index (Phi) is 31.5. The maximum Gasteiger partial charge on any atom is 0.174 e. The second kappa shape index (κ2) is 43.5. The van der Waals surface area contributed by atoms with Gasteiger partial charge in [-0.15, -0.1) is 0 Å². The molecule has 1 aliphatic rings. The molecule has 1 aliphatic carbocycles. The molecule has 0 saturated heterocycles. The third kappa shape index (κ3) is 24.2. The Morgan fingerprint density at radius 3 is 0.724 bits per heavy atom. The van der Waals surface area contributed by atoms with Crippen molar-refractivity contribution in [2.45, 2.75) is 207 Å². The summed E-state index contributed by atoms with van der Waals surface area (Å²) in [6, 6.07) is 159. The molecule has 17 aromatic carbocycles. The first-order valence-electron chi connectivity index (χ1n) is 44.9. The van der Waals surface area contributed by atoms with Crippen LogP contribution in [-0.4, -0.2) is 0 Å². The van der Waals surface area contributed by atoms with Gasteiger partial charge < -0.3 is 0 Å². The standard InChI is InChI=1S/C30H39S.C26H19S.C22H17S.C22H25S.C22H23S/c1-28(2,3)22-10-16-25(17-11-22)31(26-18-12-23(13-19-26)29(4,5)6)27-20-14-24(15-21-27)30(7,8)9;1-2-14-22(15-3-1)27(25-18-8-12-20-10-4-6-16-23(20)25)26-19-9-13-21-11-5-7-17-24(21)26;1-3-12-19(13-4-1)23(20-14-5-2-6-15-20)22-17-9-11-18-10-7-8-16-21(18)22;1-22(2,3)18-14-16-21(17-15-18)23(19-10-6-4-7-11-19)20-12-8-5-9-13-20;1-2-3-10-19-15-17-22(18-16-19)23(20-11-6-4-7-12-20)21-13-8-5-9-14-21/h10-21H,1-9H3;1-19H;1-17H;4-14,16H,15,17H2,1-3H3;4-9,11-18H,2-3,10H2,1H3/q5*+1. The molecule has 0 saturated carbocycles. The third-order valence-electron chi connectivity index (χ3n) is 22.9. The average Bonchev–Trinajstić information content (AvgIpc) is 0.776. The molecule has 17 aromatic rings. The summed E-state index contributed by atoms with van der Waals surface area (Å²) in [4.78, 5) is 20.9. The summed E-state index contributed by atoms with van der Waals surface area (Å²) in [6.45, 7) is 29.7. The Morgan fingerprint density at radius 2 is 0.449 bits per heavy atom. The van der Waals surface area contributed by atoms with Crippen LogP contribution in [0.15, 0.2) is 528 Å². The fraction of sp³-hybridized carbons (Fsp3) is 0.180. The van der Waals surface area contributed by atoms with Gasteiger partial charge in [-0.2, -0.15) is 0 Å². The highest BCUT2D eigenvalue weighted by molar-refractivity contribution is 8.00. The zero-order valence-electron chi connectivity index (χ0n) is 76.3. The molecule has 0 atom stereocenters. The van der Waals surface area contributed by atoms with Crippen molar-refractivity contribution in [3.8, 4) is 0 Å². The van der Waals surface area contributed by atoms with Crippen molar-refractivity contribution >= 4 is 86.8 Å². The Labute approximate surface area is 774 Å². The van der Waals surface area contributed by atoms with E-state index in [0.717, 1.165) is 6.42 Å². The molecular formula is C122H123S5+5. The molecule has 0 amide bonds. The van der Waals surface area contributed by atoms with Gasteiger partial charge in [-0.1, -0.05) is 375 Å². The van der Waals surface area contributed by atoms with Crippen molar-refractivity contribution in [3.05, 3.63) is 482 Å². The summed E-state index contributed by atoms with van der Waals surface area (Å²) in [7, 11) is -0.364. The van der Waals surface area contributed by atoms with E-state index in [9.17, 15) is 0 Å². The highest BCUT2D eigenvalue weighted by atomic mass is 32.2. The van der Waals surface area contributed by atoms with Crippen molar-refractivity contribution in [2.24, 2.45) is 5.41 Å². The molecule has 0 aromatic heterocycles. The highest BCUT2D eigenvalue weighted by Gasteiger charge is 2.37. The third-order valence-corrected chi connectivity index (χ3v) is 34.4. The van der Waals surface area contributed by atoms with Gasteiger partial charge in [0.1, 0.15) is 15.8 Å². The van der Waals surface area contributed by atoms with Crippen LogP contribution in [0, 0.1) is 5.41 Å². The average molecular weight is 1750 g/mol. The molecule has 636 valence electrons. The molecule has 0 nitrogen and oxygen atoms in total. The molecule has 0 bridgehead atoms. The summed E-state index contributed by atoms with van der Waals surface area (Å²) >= 11 is 0. The van der Waals surface area contributed by atoms with Crippen LogP contribution in [0.4, 0.5) is 0 Å². The van der Waals surface area contributed by atoms with Crippen LogP contribution in [0.2, 0.25) is 0 Å². The Morgan fingerprint density at radius 1 is 0.205 bits per heavy atom. The quantitative estimate of drug-likeness (QED) is 0.0751. The SMILES string of the molecule is CC(C)(C)C1=CC=C([S+](c2ccccc2)c2ccccc2)CC1.CC(C)(C)c1ccc([S+](c2ccc(C(C)(C)C)cc2)c2ccc(C(C)(C)C)cc2)cc1.CCCCc1ccc([S+](c2ccccc2)c2ccccc2)cc1.c1ccc([S+](c2cccc3ccccc23)c2cccc3ccccc23)cc1.c1ccc([S+](c2ccccc2)c2cccc3ccccc23)cc1. The maximum atomic E-state index is 2.38. The first kappa shape index (κ1) is 91.9. The van der Waals surface area contributed by atoms with Gasteiger partial charge in [0.05, 0.1) is 43.6 Å². The molecule has 0 N–H and O–H groups in total. The Bertz CT molecular complexity index is 5990. The number of fused-ring (bicyclic) bond motifs is 3. The van der Waals surface area contributed by atoms with Crippen LogP contribution >= 0.6 is 0 Å². The van der Waals surface area contributed by atoms with Crippen LogP contribution < -0.4 is 0 Å². The minimum absolute atomic E-state index is 0.0286. The molecule has 0 fully saturated rings. The number of unbranched alkanes of at least 4 members (excludes halogenated alkanes) is 1. The largest absolute Gasteiger partial charge is 0.174 e. The second-order valence-electron chi connectivity index (χ2n) is 36.3. The van der Waals surface area contributed by atoms with Gasteiger partial charge in [0.15, 0.2) is 68.5 Å². The highest BCUT2D eigenvalue weighted by Crippen LogP contribution is 2.44. The molecule has 5 heteroatoms. The van der Waals surface area contributed by atoms with E-state index in [1.165, 1.54) is 149 Å². The van der Waals surface area contributed by atoms with E-state index >= 15 is 0 Å². The number of hydrogen-bond acceptors (Lipinski definition) is 0. The summed E-state index contributed by atoms with van der Waals surface area (Å²) < 4.78 is 0. The molecule has 0 unspecified atom stereocenters. The van der Waals surface area contributed by atoms with Gasteiger partial charge in [0.2, 0.25) is 0 Å². The van der Waals surface area contributed by atoms with Crippen molar-refractivity contribution in [2.75, 3.05) is 0 Å². The van der Waals surface area contributed by atoms with Crippen molar-refractivity contribution in [1.29, 1.82) is 0 Å².